The van der Waals surface area contributed by atoms with Crippen molar-refractivity contribution in [2.75, 3.05) is 39.5 Å². The van der Waals surface area contributed by atoms with E-state index in [1.54, 1.807) is 33.5 Å². The maximum absolute atomic E-state index is 12.7. The normalized spacial score (nSPS) is 10.7. The van der Waals surface area contributed by atoms with Gasteiger partial charge in [-0.25, -0.2) is 4.79 Å². The second-order valence-electron chi connectivity index (χ2n) is 7.28. The molecule has 2 heterocycles. The summed E-state index contributed by atoms with van der Waals surface area (Å²) in [6.07, 6.45) is 0. The number of esters is 1. The summed E-state index contributed by atoms with van der Waals surface area (Å²) in [5.41, 5.74) is 1.91. The van der Waals surface area contributed by atoms with Gasteiger partial charge in [-0.3, -0.25) is 4.79 Å². The Hall–Kier alpha value is -3.25. The van der Waals surface area contributed by atoms with Crippen molar-refractivity contribution in [1.82, 2.24) is 14.8 Å². The molecule has 10 nitrogen and oxygen atoms in total. The van der Waals surface area contributed by atoms with E-state index in [-0.39, 0.29) is 11.7 Å². The summed E-state index contributed by atoms with van der Waals surface area (Å²) in [6, 6.07) is 3.60. The standard InChI is InChI=1S/C23H28N4O6S2/c1-8-27-20(14-9-15(30-4)19(32-6)16(10-14)31-5)25-26-23(27)34-11-17(28)24-21-18(22(29)33-7)12(2)13(3)35-21/h9-10H,8,11H2,1-7H3,(H,24,28). The molecule has 0 spiro atoms. The van der Waals surface area contributed by atoms with Crippen molar-refractivity contribution in [3.8, 4) is 28.6 Å². The van der Waals surface area contributed by atoms with Gasteiger partial charge in [-0.1, -0.05) is 11.8 Å². The van der Waals surface area contributed by atoms with Gasteiger partial charge in [-0.15, -0.1) is 21.5 Å². The number of carbonyl (C=O) groups excluding carboxylic acids is 2. The van der Waals surface area contributed by atoms with Crippen LogP contribution in [0, 0.1) is 13.8 Å². The van der Waals surface area contributed by atoms with E-state index < -0.39 is 5.97 Å². The first-order valence-corrected chi connectivity index (χ1v) is 12.4. The van der Waals surface area contributed by atoms with Gasteiger partial charge in [-0.05, 0) is 38.5 Å². The number of hydrogen-bond acceptors (Lipinski definition) is 10. The topological polar surface area (TPSA) is 114 Å². The number of aromatic nitrogens is 3. The molecule has 2 aromatic heterocycles. The van der Waals surface area contributed by atoms with Gasteiger partial charge in [-0.2, -0.15) is 0 Å². The van der Waals surface area contributed by atoms with Gasteiger partial charge < -0.3 is 28.8 Å². The SMILES string of the molecule is CCn1c(SCC(=O)Nc2sc(C)c(C)c2C(=O)OC)nnc1-c1cc(OC)c(OC)c(OC)c1. The van der Waals surface area contributed by atoms with Crippen LogP contribution in [0.5, 0.6) is 17.2 Å². The lowest BCUT2D eigenvalue weighted by Gasteiger charge is -2.14. The van der Waals surface area contributed by atoms with Crippen LogP contribution in [0.4, 0.5) is 5.00 Å². The summed E-state index contributed by atoms with van der Waals surface area (Å²) in [4.78, 5) is 25.8. The number of nitrogens with zero attached hydrogens (tertiary/aromatic N) is 3. The summed E-state index contributed by atoms with van der Waals surface area (Å²) in [5, 5.41) is 12.5. The monoisotopic (exact) mass is 520 g/mol. The third-order valence-electron chi connectivity index (χ3n) is 5.32. The van der Waals surface area contributed by atoms with Gasteiger partial charge in [0.15, 0.2) is 22.5 Å². The lowest BCUT2D eigenvalue weighted by molar-refractivity contribution is -0.113. The molecular weight excluding hydrogens is 492 g/mol. The average Bonchev–Trinajstić information content (AvgIpc) is 3.40. The van der Waals surface area contributed by atoms with Crippen LogP contribution in [0.3, 0.4) is 0 Å². The molecule has 0 fully saturated rings. The Kier molecular flexibility index (Phi) is 8.62. The van der Waals surface area contributed by atoms with Gasteiger partial charge in [0.2, 0.25) is 11.7 Å². The van der Waals surface area contributed by atoms with Gasteiger partial charge in [0.1, 0.15) is 5.00 Å². The Balaban J connectivity index is 1.81. The van der Waals surface area contributed by atoms with E-state index in [1.807, 2.05) is 25.3 Å². The molecule has 0 aliphatic heterocycles. The smallest absolute Gasteiger partial charge is 0.341 e. The van der Waals surface area contributed by atoms with Gasteiger partial charge in [0.05, 0.1) is 39.8 Å². The molecular formula is C23H28N4O6S2. The highest BCUT2D eigenvalue weighted by molar-refractivity contribution is 7.99. The molecule has 0 saturated carbocycles. The fourth-order valence-corrected chi connectivity index (χ4v) is 5.33. The minimum atomic E-state index is -0.476. The number of aryl methyl sites for hydroxylation is 1. The summed E-state index contributed by atoms with van der Waals surface area (Å²) in [5.74, 6) is 1.44. The van der Waals surface area contributed by atoms with E-state index in [1.165, 1.54) is 30.2 Å². The lowest BCUT2D eigenvalue weighted by atomic mass is 10.1. The predicted molar refractivity (Wildman–Crippen MR) is 135 cm³/mol. The number of carbonyl (C=O) groups is 2. The quantitative estimate of drug-likeness (QED) is 0.310. The molecule has 0 bridgehead atoms. The molecule has 0 saturated heterocycles. The third-order valence-corrected chi connectivity index (χ3v) is 7.41. The maximum atomic E-state index is 12.7. The van der Waals surface area contributed by atoms with E-state index in [4.69, 9.17) is 18.9 Å². The minimum Gasteiger partial charge on any atom is -0.493 e. The van der Waals surface area contributed by atoms with Gasteiger partial charge in [0.25, 0.3) is 0 Å². The molecule has 12 heteroatoms. The predicted octanol–water partition coefficient (Wildman–Crippen LogP) is 4.19. The fourth-order valence-electron chi connectivity index (χ4n) is 3.46. The largest absolute Gasteiger partial charge is 0.493 e. The van der Waals surface area contributed by atoms with Crippen LogP contribution in [-0.4, -0.2) is 60.8 Å². The summed E-state index contributed by atoms with van der Waals surface area (Å²) in [6.45, 7) is 6.27. The average molecular weight is 521 g/mol. The first-order valence-electron chi connectivity index (χ1n) is 10.6. The first-order chi connectivity index (χ1) is 16.8. The van der Waals surface area contributed by atoms with Crippen LogP contribution in [0.15, 0.2) is 17.3 Å². The zero-order chi connectivity index (χ0) is 25.7. The van der Waals surface area contributed by atoms with Crippen LogP contribution >= 0.6 is 23.1 Å². The Morgan fingerprint density at radius 3 is 2.26 bits per heavy atom. The van der Waals surface area contributed by atoms with Crippen LogP contribution in [0.1, 0.15) is 27.7 Å². The molecule has 1 amide bonds. The Bertz CT molecular complexity index is 1210. The number of benzene rings is 1. The number of thiophene rings is 1. The molecule has 3 aromatic rings. The zero-order valence-corrected chi connectivity index (χ0v) is 22.3. The van der Waals surface area contributed by atoms with Crippen molar-refractivity contribution in [2.24, 2.45) is 0 Å². The number of rotatable bonds is 10. The second kappa shape index (κ2) is 11.5. The van der Waals surface area contributed by atoms with Crippen molar-refractivity contribution in [3.63, 3.8) is 0 Å². The number of hydrogen-bond donors (Lipinski definition) is 1. The highest BCUT2D eigenvalue weighted by atomic mass is 32.2. The molecule has 0 radical (unpaired) electrons. The number of ether oxygens (including phenoxy) is 4. The van der Waals surface area contributed by atoms with Crippen molar-refractivity contribution < 1.29 is 28.5 Å². The first kappa shape index (κ1) is 26.4. The maximum Gasteiger partial charge on any atom is 0.341 e. The molecule has 0 aliphatic rings. The number of anilines is 1. The van der Waals surface area contributed by atoms with Crippen LogP contribution in [0.2, 0.25) is 0 Å². The number of nitrogens with one attached hydrogen (secondary N) is 1. The summed E-state index contributed by atoms with van der Waals surface area (Å²) < 4.78 is 23.1. The van der Waals surface area contributed by atoms with Crippen LogP contribution < -0.4 is 19.5 Å². The van der Waals surface area contributed by atoms with Crippen LogP contribution in [-0.2, 0) is 16.1 Å². The Labute approximate surface area is 211 Å². The fraction of sp³-hybridized carbons (Fsp3) is 0.391. The summed E-state index contributed by atoms with van der Waals surface area (Å²) in [7, 11) is 5.96. The highest BCUT2D eigenvalue weighted by Gasteiger charge is 2.23. The van der Waals surface area contributed by atoms with E-state index in [2.05, 4.69) is 15.5 Å². The van der Waals surface area contributed by atoms with Crippen molar-refractivity contribution in [3.05, 3.63) is 28.1 Å². The number of methoxy groups -OCH3 is 4. The highest BCUT2D eigenvalue weighted by Crippen LogP contribution is 2.41. The Morgan fingerprint density at radius 2 is 1.71 bits per heavy atom. The zero-order valence-electron chi connectivity index (χ0n) is 20.7. The van der Waals surface area contributed by atoms with E-state index in [0.717, 1.165) is 16.0 Å². The Morgan fingerprint density at radius 1 is 1.06 bits per heavy atom. The number of thioether (sulfide) groups is 1. The minimum absolute atomic E-state index is 0.0873. The molecule has 0 unspecified atom stereocenters. The molecule has 0 atom stereocenters. The van der Waals surface area contributed by atoms with Gasteiger partial charge in [0, 0.05) is 17.0 Å². The van der Waals surface area contributed by atoms with E-state index in [0.29, 0.717) is 45.3 Å². The van der Waals surface area contributed by atoms with Crippen LogP contribution in [0.25, 0.3) is 11.4 Å². The molecule has 1 N–H and O–H groups in total. The summed E-state index contributed by atoms with van der Waals surface area (Å²) >= 11 is 2.60. The van der Waals surface area contributed by atoms with Crippen molar-refractivity contribution >= 4 is 40.0 Å². The molecule has 35 heavy (non-hydrogen) atoms. The molecule has 1 aromatic carbocycles. The molecule has 3 rings (SSSR count). The number of amides is 1. The van der Waals surface area contributed by atoms with Gasteiger partial charge >= 0.3 is 5.97 Å². The third kappa shape index (κ3) is 5.38. The van der Waals surface area contributed by atoms with E-state index in [9.17, 15) is 9.59 Å². The van der Waals surface area contributed by atoms with Crippen molar-refractivity contribution in [1.29, 1.82) is 0 Å². The lowest BCUT2D eigenvalue weighted by Crippen LogP contribution is -2.16. The van der Waals surface area contributed by atoms with E-state index >= 15 is 0 Å². The molecule has 188 valence electrons. The molecule has 0 aliphatic carbocycles. The van der Waals surface area contributed by atoms with Crippen molar-refractivity contribution in [2.45, 2.75) is 32.5 Å². The second-order valence-corrected chi connectivity index (χ2v) is 9.45.